The van der Waals surface area contributed by atoms with Crippen LogP contribution in [0.15, 0.2) is 30.7 Å². The second-order valence-corrected chi connectivity index (χ2v) is 9.80. The van der Waals surface area contributed by atoms with Crippen molar-refractivity contribution in [2.24, 2.45) is 0 Å². The first kappa shape index (κ1) is 19.6. The van der Waals surface area contributed by atoms with Crippen LogP contribution < -0.4 is 15.5 Å². The molecule has 3 saturated heterocycles. The van der Waals surface area contributed by atoms with E-state index in [-0.39, 0.29) is 0 Å². The lowest BCUT2D eigenvalue weighted by Crippen LogP contribution is -2.44. The summed E-state index contributed by atoms with van der Waals surface area (Å²) < 4.78 is 6.01. The molecule has 8 nitrogen and oxygen atoms in total. The molecule has 3 atom stereocenters. The first-order valence-electron chi connectivity index (χ1n) is 12.3. The molecule has 0 spiro atoms. The number of nitrogens with one attached hydrogen (secondary N) is 2. The number of rotatable bonds is 5. The number of nitrogens with zero attached hydrogens (tertiary/aromatic N) is 5. The molecule has 3 aromatic rings. The van der Waals surface area contributed by atoms with Crippen LogP contribution in [0.4, 0.5) is 11.6 Å². The van der Waals surface area contributed by atoms with Gasteiger partial charge in [-0.25, -0.2) is 15.0 Å². The Hall–Kier alpha value is -2.84. The lowest BCUT2D eigenvalue weighted by Gasteiger charge is -2.30. The zero-order chi connectivity index (χ0) is 21.8. The minimum absolute atomic E-state index is 0.309. The summed E-state index contributed by atoms with van der Waals surface area (Å²) in [5, 5.41) is 8.25. The van der Waals surface area contributed by atoms with E-state index in [1.54, 1.807) is 0 Å². The summed E-state index contributed by atoms with van der Waals surface area (Å²) in [7, 11) is 0. The Morgan fingerprint density at radius 2 is 1.97 bits per heavy atom. The highest BCUT2D eigenvalue weighted by molar-refractivity contribution is 5.94. The highest BCUT2D eigenvalue weighted by Gasteiger charge is 2.40. The van der Waals surface area contributed by atoms with Crippen molar-refractivity contribution in [3.8, 4) is 11.4 Å². The van der Waals surface area contributed by atoms with Gasteiger partial charge in [0.2, 0.25) is 0 Å². The number of hydrogen-bond acceptors (Lipinski definition) is 8. The molecule has 8 heteroatoms. The molecule has 7 rings (SSSR count). The average molecular weight is 444 g/mol. The molecule has 0 amide bonds. The van der Waals surface area contributed by atoms with Crippen LogP contribution in [0.1, 0.15) is 43.6 Å². The van der Waals surface area contributed by atoms with Gasteiger partial charge in [-0.15, -0.1) is 0 Å². The van der Waals surface area contributed by atoms with E-state index in [0.29, 0.717) is 24.2 Å². The molecule has 3 aliphatic heterocycles. The van der Waals surface area contributed by atoms with Crippen LogP contribution >= 0.6 is 0 Å². The maximum Gasteiger partial charge on any atom is 0.162 e. The Morgan fingerprint density at radius 3 is 2.76 bits per heavy atom. The van der Waals surface area contributed by atoms with Crippen LogP contribution in [-0.4, -0.2) is 64.4 Å². The fourth-order valence-corrected chi connectivity index (χ4v) is 5.66. The Bertz CT molecular complexity index is 1190. The van der Waals surface area contributed by atoms with Crippen LogP contribution in [0.5, 0.6) is 0 Å². The van der Waals surface area contributed by atoms with E-state index in [1.807, 2.05) is 24.7 Å². The monoisotopic (exact) mass is 443 g/mol. The smallest absolute Gasteiger partial charge is 0.162 e. The molecule has 0 aromatic carbocycles. The Kier molecular flexibility index (Phi) is 4.69. The van der Waals surface area contributed by atoms with E-state index in [9.17, 15) is 0 Å². The van der Waals surface area contributed by atoms with Crippen LogP contribution in [0.25, 0.3) is 22.3 Å². The van der Waals surface area contributed by atoms with Gasteiger partial charge in [0, 0.05) is 49.5 Å². The fourth-order valence-electron chi connectivity index (χ4n) is 5.66. The van der Waals surface area contributed by atoms with Crippen molar-refractivity contribution in [3.05, 3.63) is 36.3 Å². The van der Waals surface area contributed by atoms with E-state index in [1.165, 1.54) is 30.2 Å². The number of ether oxygens (including phenoxy) is 1. The fraction of sp³-hybridized carbons (Fsp3) is 0.520. The SMILES string of the molecule is c1cc(-c2nc(N3CCNCC3)c3c(C4CC4)cncc3n2)cc(N[C@@H]2C[C@H]3CCC2O3)n1. The van der Waals surface area contributed by atoms with Gasteiger partial charge in [-0.05, 0) is 55.7 Å². The Morgan fingerprint density at radius 1 is 1.06 bits per heavy atom. The number of fused-ring (bicyclic) bond motifs is 3. The van der Waals surface area contributed by atoms with Gasteiger partial charge in [-0.3, -0.25) is 4.98 Å². The van der Waals surface area contributed by atoms with Gasteiger partial charge in [-0.1, -0.05) is 0 Å². The van der Waals surface area contributed by atoms with E-state index < -0.39 is 0 Å². The largest absolute Gasteiger partial charge is 0.373 e. The molecule has 6 heterocycles. The lowest BCUT2D eigenvalue weighted by atomic mass is 9.95. The Balaban J connectivity index is 1.28. The van der Waals surface area contributed by atoms with Gasteiger partial charge in [0.1, 0.15) is 11.6 Å². The quantitative estimate of drug-likeness (QED) is 0.622. The first-order valence-corrected chi connectivity index (χ1v) is 12.3. The number of aromatic nitrogens is 4. The molecule has 33 heavy (non-hydrogen) atoms. The van der Waals surface area contributed by atoms with E-state index >= 15 is 0 Å². The summed E-state index contributed by atoms with van der Waals surface area (Å²) in [6, 6.07) is 4.42. The lowest BCUT2D eigenvalue weighted by molar-refractivity contribution is 0.102. The van der Waals surface area contributed by atoms with E-state index in [4.69, 9.17) is 14.7 Å². The molecule has 4 aliphatic rings. The van der Waals surface area contributed by atoms with Crippen LogP contribution in [0.2, 0.25) is 0 Å². The first-order chi connectivity index (χ1) is 16.3. The molecular weight excluding hydrogens is 414 g/mol. The summed E-state index contributed by atoms with van der Waals surface area (Å²) in [6.07, 6.45) is 12.3. The third-order valence-electron chi connectivity index (χ3n) is 7.51. The standard InChI is InChI=1S/C25H29N7O/c1-2-15(1)18-13-27-14-20-23(18)25(32-9-7-26-8-10-32)31-24(30-20)16-5-6-28-22(11-16)29-19-12-17-3-4-21(19)33-17/h5-6,11,13-15,17,19,21,26H,1-4,7-10,12H2,(H,28,29)/t17-,19-,21?/m1/s1. The zero-order valence-corrected chi connectivity index (χ0v) is 18.7. The van der Waals surface area contributed by atoms with Gasteiger partial charge in [0.05, 0.1) is 30.0 Å². The predicted molar refractivity (Wildman–Crippen MR) is 128 cm³/mol. The van der Waals surface area contributed by atoms with Crippen molar-refractivity contribution in [3.63, 3.8) is 0 Å². The topological polar surface area (TPSA) is 88.1 Å². The summed E-state index contributed by atoms with van der Waals surface area (Å²) in [6.45, 7) is 3.84. The normalized spacial score (nSPS) is 26.8. The van der Waals surface area contributed by atoms with E-state index in [2.05, 4.69) is 31.6 Å². The molecule has 170 valence electrons. The van der Waals surface area contributed by atoms with Crippen LogP contribution in [0.3, 0.4) is 0 Å². The maximum atomic E-state index is 6.01. The van der Waals surface area contributed by atoms with Gasteiger partial charge in [0.15, 0.2) is 5.82 Å². The third-order valence-corrected chi connectivity index (χ3v) is 7.51. The van der Waals surface area contributed by atoms with Gasteiger partial charge in [0.25, 0.3) is 0 Å². The van der Waals surface area contributed by atoms with Crippen molar-refractivity contribution in [2.45, 2.75) is 56.3 Å². The highest BCUT2D eigenvalue weighted by Crippen LogP contribution is 2.45. The zero-order valence-electron chi connectivity index (χ0n) is 18.7. The number of hydrogen-bond donors (Lipinski definition) is 2. The highest BCUT2D eigenvalue weighted by atomic mass is 16.5. The van der Waals surface area contributed by atoms with Crippen LogP contribution in [0, 0.1) is 0 Å². The van der Waals surface area contributed by atoms with Crippen molar-refractivity contribution < 1.29 is 4.74 Å². The summed E-state index contributed by atoms with van der Waals surface area (Å²) in [4.78, 5) is 21.7. The molecule has 2 N–H and O–H groups in total. The summed E-state index contributed by atoms with van der Waals surface area (Å²) in [5.74, 6) is 3.25. The van der Waals surface area contributed by atoms with Crippen LogP contribution in [-0.2, 0) is 4.74 Å². The Labute approximate surface area is 193 Å². The van der Waals surface area contributed by atoms with Crippen molar-refractivity contribution >= 4 is 22.5 Å². The molecule has 0 radical (unpaired) electrons. The van der Waals surface area contributed by atoms with Gasteiger partial charge < -0.3 is 20.3 Å². The summed E-state index contributed by atoms with van der Waals surface area (Å²) >= 11 is 0. The molecule has 1 saturated carbocycles. The predicted octanol–water partition coefficient (Wildman–Crippen LogP) is 3.11. The second-order valence-electron chi connectivity index (χ2n) is 9.80. The van der Waals surface area contributed by atoms with Crippen molar-refractivity contribution in [1.29, 1.82) is 0 Å². The minimum atomic E-state index is 0.309. The molecule has 1 aliphatic carbocycles. The number of piperazine rings is 1. The van der Waals surface area contributed by atoms with Crippen molar-refractivity contribution in [1.82, 2.24) is 25.3 Å². The molecule has 1 unspecified atom stereocenters. The van der Waals surface area contributed by atoms with Gasteiger partial charge in [-0.2, -0.15) is 0 Å². The number of pyridine rings is 2. The molecule has 3 aromatic heterocycles. The van der Waals surface area contributed by atoms with E-state index in [0.717, 1.165) is 67.6 Å². The maximum absolute atomic E-state index is 6.01. The van der Waals surface area contributed by atoms with Gasteiger partial charge >= 0.3 is 0 Å². The average Bonchev–Trinajstić information content (AvgIpc) is 3.51. The second kappa shape index (κ2) is 7.88. The van der Waals surface area contributed by atoms with Crippen molar-refractivity contribution in [2.75, 3.05) is 36.4 Å². The molecular formula is C25H29N7O. The summed E-state index contributed by atoms with van der Waals surface area (Å²) in [5.41, 5.74) is 3.22. The number of anilines is 2. The third kappa shape index (κ3) is 3.61. The molecule has 2 bridgehead atoms. The minimum Gasteiger partial charge on any atom is -0.373 e. The molecule has 4 fully saturated rings.